The van der Waals surface area contributed by atoms with Crippen molar-refractivity contribution in [3.63, 3.8) is 0 Å². The summed E-state index contributed by atoms with van der Waals surface area (Å²) in [5, 5.41) is 23.1. The molecular formula is C18H20N4O6. The number of benzene rings is 1. The van der Waals surface area contributed by atoms with Gasteiger partial charge in [0.05, 0.1) is 6.54 Å². The number of hydrogen-bond acceptors (Lipinski definition) is 6. The molecule has 0 spiro atoms. The van der Waals surface area contributed by atoms with E-state index in [0.29, 0.717) is 17.9 Å². The first-order valence-electron chi connectivity index (χ1n) is 8.32. The average Bonchev–Trinajstić information content (AvgIpc) is 2.62. The van der Waals surface area contributed by atoms with Crippen molar-refractivity contribution in [2.45, 2.75) is 25.4 Å². The van der Waals surface area contributed by atoms with Crippen LogP contribution in [0.25, 0.3) is 0 Å². The van der Waals surface area contributed by atoms with Crippen LogP contribution in [-0.4, -0.2) is 39.1 Å². The van der Waals surface area contributed by atoms with Gasteiger partial charge < -0.3 is 31.6 Å². The van der Waals surface area contributed by atoms with E-state index >= 15 is 0 Å². The fourth-order valence-corrected chi connectivity index (χ4v) is 2.42. The fraction of sp³-hybridized carbons (Fsp3) is 0.222. The Morgan fingerprint density at radius 2 is 1.79 bits per heavy atom. The summed E-state index contributed by atoms with van der Waals surface area (Å²) in [5.41, 5.74) is 6.85. The molecule has 0 fully saturated rings. The Kier molecular flexibility index (Phi) is 6.74. The molecule has 1 aromatic heterocycles. The lowest BCUT2D eigenvalue weighted by Crippen LogP contribution is -2.41. The normalized spacial score (nSPS) is 11.4. The van der Waals surface area contributed by atoms with Gasteiger partial charge in [-0.25, -0.2) is 4.79 Å². The number of carbonyl (C=O) groups is 3. The van der Waals surface area contributed by atoms with Crippen molar-refractivity contribution in [2.24, 2.45) is 0 Å². The maximum Gasteiger partial charge on any atom is 0.326 e. The highest BCUT2D eigenvalue weighted by molar-refractivity contribution is 5.96. The minimum Gasteiger partial charge on any atom is -0.481 e. The van der Waals surface area contributed by atoms with Crippen molar-refractivity contribution in [3.8, 4) is 0 Å². The Bertz CT molecular complexity index is 922. The van der Waals surface area contributed by atoms with Gasteiger partial charge in [0.2, 0.25) is 0 Å². The number of aromatic nitrogens is 1. The molecule has 148 valence electrons. The number of nitrogens with one attached hydrogen (secondary N) is 3. The zero-order valence-electron chi connectivity index (χ0n) is 14.8. The highest BCUT2D eigenvalue weighted by atomic mass is 16.4. The highest BCUT2D eigenvalue weighted by Gasteiger charge is 2.21. The van der Waals surface area contributed by atoms with E-state index in [9.17, 15) is 19.2 Å². The molecule has 0 unspecified atom stereocenters. The molecule has 7 N–H and O–H groups in total. The molecule has 1 amide bonds. The SMILES string of the molecule is Nc1cc(=O)cc(CNc2ccc(C(=O)N[C@@H](CCC(=O)O)C(=O)O)cc2)[nH]1. The van der Waals surface area contributed by atoms with E-state index in [0.717, 1.165) is 0 Å². The number of carboxylic acids is 2. The number of H-pyrrole nitrogens is 1. The summed E-state index contributed by atoms with van der Waals surface area (Å²) < 4.78 is 0. The van der Waals surface area contributed by atoms with Crippen molar-refractivity contribution in [2.75, 3.05) is 11.1 Å². The van der Waals surface area contributed by atoms with Gasteiger partial charge in [0.1, 0.15) is 11.9 Å². The summed E-state index contributed by atoms with van der Waals surface area (Å²) in [5.74, 6) is -2.81. The molecule has 28 heavy (non-hydrogen) atoms. The minimum absolute atomic E-state index is 0.212. The standard InChI is InChI=1S/C18H20N4O6/c19-15-8-13(23)7-12(21-15)9-20-11-3-1-10(2-4-11)17(26)22-14(18(27)28)5-6-16(24)25/h1-4,7-8,14,20H,5-6,9H2,(H,22,26)(H,24,25)(H,27,28)(H3,19,21,23)/t14-/m0/s1. The number of carbonyl (C=O) groups excluding carboxylic acids is 1. The Labute approximate surface area is 159 Å². The van der Waals surface area contributed by atoms with Crippen LogP contribution in [0.5, 0.6) is 0 Å². The Balaban J connectivity index is 1.96. The molecule has 0 bridgehead atoms. The molecular weight excluding hydrogens is 368 g/mol. The number of rotatable bonds is 9. The molecule has 0 radical (unpaired) electrons. The molecule has 0 saturated carbocycles. The van der Waals surface area contributed by atoms with Gasteiger partial charge in [-0.15, -0.1) is 0 Å². The number of hydrogen-bond donors (Lipinski definition) is 6. The number of nitrogens with two attached hydrogens (primary N) is 1. The molecule has 0 aliphatic carbocycles. The van der Waals surface area contributed by atoms with Crippen LogP contribution in [0.1, 0.15) is 28.9 Å². The largest absolute Gasteiger partial charge is 0.481 e. The van der Waals surface area contributed by atoms with Crippen LogP contribution in [0.3, 0.4) is 0 Å². The molecule has 0 aliphatic heterocycles. The molecule has 1 atom stereocenters. The number of aromatic amines is 1. The maximum absolute atomic E-state index is 12.2. The fourth-order valence-electron chi connectivity index (χ4n) is 2.42. The molecule has 10 heteroatoms. The van der Waals surface area contributed by atoms with Crippen molar-refractivity contribution >= 4 is 29.4 Å². The van der Waals surface area contributed by atoms with Crippen LogP contribution in [0.4, 0.5) is 11.5 Å². The quantitative estimate of drug-likeness (QED) is 0.362. The zero-order valence-corrected chi connectivity index (χ0v) is 14.8. The van der Waals surface area contributed by atoms with Gasteiger partial charge in [0, 0.05) is 35.5 Å². The first kappa shape index (κ1) is 20.5. The predicted molar refractivity (Wildman–Crippen MR) is 101 cm³/mol. The molecule has 1 heterocycles. The number of anilines is 2. The summed E-state index contributed by atoms with van der Waals surface area (Å²) in [6.45, 7) is 0.308. The number of aliphatic carboxylic acids is 2. The van der Waals surface area contributed by atoms with Crippen LogP contribution in [0, 0.1) is 0 Å². The van der Waals surface area contributed by atoms with Crippen molar-refractivity contribution < 1.29 is 24.6 Å². The Hall–Kier alpha value is -3.82. The van der Waals surface area contributed by atoms with Gasteiger partial charge in [-0.1, -0.05) is 0 Å². The predicted octanol–water partition coefficient (Wildman–Crippen LogP) is 0.617. The van der Waals surface area contributed by atoms with Crippen molar-refractivity contribution in [1.82, 2.24) is 10.3 Å². The summed E-state index contributed by atoms with van der Waals surface area (Å²) in [6.07, 6.45) is -0.583. The van der Waals surface area contributed by atoms with Gasteiger partial charge in [-0.05, 0) is 30.7 Å². The Morgan fingerprint density at radius 3 is 2.36 bits per heavy atom. The van der Waals surface area contributed by atoms with Crippen molar-refractivity contribution in [3.05, 3.63) is 57.9 Å². The van der Waals surface area contributed by atoms with E-state index in [1.807, 2.05) is 0 Å². The summed E-state index contributed by atoms with van der Waals surface area (Å²) in [4.78, 5) is 48.2. The smallest absolute Gasteiger partial charge is 0.326 e. The van der Waals surface area contributed by atoms with Gasteiger partial charge in [0.25, 0.3) is 5.91 Å². The number of carboxylic acid groups (broad SMARTS) is 2. The molecule has 2 rings (SSSR count). The molecule has 0 aliphatic rings. The van der Waals surface area contributed by atoms with Crippen LogP contribution in [-0.2, 0) is 16.1 Å². The van der Waals surface area contributed by atoms with Crippen LogP contribution in [0.15, 0.2) is 41.2 Å². The van der Waals surface area contributed by atoms with Gasteiger partial charge in [0.15, 0.2) is 5.43 Å². The van der Waals surface area contributed by atoms with E-state index in [1.54, 1.807) is 12.1 Å². The highest BCUT2D eigenvalue weighted by Crippen LogP contribution is 2.11. The molecule has 2 aromatic rings. The number of amides is 1. The van der Waals surface area contributed by atoms with Crippen LogP contribution in [0.2, 0.25) is 0 Å². The second-order valence-electron chi connectivity index (χ2n) is 6.02. The van der Waals surface area contributed by atoms with Gasteiger partial charge >= 0.3 is 11.9 Å². The van der Waals surface area contributed by atoms with E-state index in [2.05, 4.69) is 15.6 Å². The van der Waals surface area contributed by atoms with Crippen molar-refractivity contribution in [1.29, 1.82) is 0 Å². The topological polar surface area (TPSA) is 175 Å². The lowest BCUT2D eigenvalue weighted by Gasteiger charge is -2.14. The van der Waals surface area contributed by atoms with E-state index in [1.165, 1.54) is 24.3 Å². The zero-order chi connectivity index (χ0) is 20.7. The second kappa shape index (κ2) is 9.21. The summed E-state index contributed by atoms with van der Waals surface area (Å²) in [6, 6.07) is 7.62. The molecule has 0 saturated heterocycles. The number of nitrogen functional groups attached to an aromatic ring is 1. The van der Waals surface area contributed by atoms with E-state index < -0.39 is 23.9 Å². The average molecular weight is 388 g/mol. The van der Waals surface area contributed by atoms with Gasteiger partial charge in [-0.3, -0.25) is 14.4 Å². The summed E-state index contributed by atoms with van der Waals surface area (Å²) in [7, 11) is 0. The number of pyridine rings is 1. The minimum atomic E-state index is -1.30. The third-order valence-electron chi connectivity index (χ3n) is 3.80. The lowest BCUT2D eigenvalue weighted by atomic mass is 10.1. The van der Waals surface area contributed by atoms with E-state index in [-0.39, 0.29) is 29.7 Å². The van der Waals surface area contributed by atoms with Crippen LogP contribution >= 0.6 is 0 Å². The maximum atomic E-state index is 12.2. The lowest BCUT2D eigenvalue weighted by molar-refractivity contribution is -0.140. The second-order valence-corrected chi connectivity index (χ2v) is 6.02. The Morgan fingerprint density at radius 1 is 1.11 bits per heavy atom. The third-order valence-corrected chi connectivity index (χ3v) is 3.80. The monoisotopic (exact) mass is 388 g/mol. The summed E-state index contributed by atoms with van der Waals surface area (Å²) >= 11 is 0. The molecule has 10 nitrogen and oxygen atoms in total. The third kappa shape index (κ3) is 6.16. The molecule has 1 aromatic carbocycles. The van der Waals surface area contributed by atoms with Gasteiger partial charge in [-0.2, -0.15) is 0 Å². The first-order valence-corrected chi connectivity index (χ1v) is 8.32. The first-order chi connectivity index (χ1) is 13.2. The van der Waals surface area contributed by atoms with E-state index in [4.69, 9.17) is 15.9 Å². The van der Waals surface area contributed by atoms with Crippen LogP contribution < -0.4 is 21.8 Å².